The Morgan fingerprint density at radius 1 is 1.75 bits per heavy atom. The standard InChI is InChI=1S/C7H7BrO2S2/c1-4(7(9)10)12-6-3-11-2-5(6)8/h2-4H,1H3,(H,9,10). The zero-order valence-electron chi connectivity index (χ0n) is 6.28. The fourth-order valence-corrected chi connectivity index (χ4v) is 3.15. The van der Waals surface area contributed by atoms with Crippen LogP contribution in [0.5, 0.6) is 0 Å². The van der Waals surface area contributed by atoms with Gasteiger partial charge in [0.05, 0.1) is 0 Å². The summed E-state index contributed by atoms with van der Waals surface area (Å²) < 4.78 is 0.977. The van der Waals surface area contributed by atoms with Crippen molar-refractivity contribution in [3.8, 4) is 0 Å². The average Bonchev–Trinajstić information content (AvgIpc) is 2.36. The number of carboxylic acid groups (broad SMARTS) is 1. The van der Waals surface area contributed by atoms with E-state index in [9.17, 15) is 4.79 Å². The zero-order chi connectivity index (χ0) is 9.14. The SMILES string of the molecule is CC(Sc1cscc1Br)C(=O)O. The second kappa shape index (κ2) is 4.30. The van der Waals surface area contributed by atoms with E-state index >= 15 is 0 Å². The number of halogens is 1. The smallest absolute Gasteiger partial charge is 0.316 e. The van der Waals surface area contributed by atoms with E-state index in [4.69, 9.17) is 5.11 Å². The third kappa shape index (κ3) is 2.50. The van der Waals surface area contributed by atoms with Crippen molar-refractivity contribution in [1.82, 2.24) is 0 Å². The lowest BCUT2D eigenvalue weighted by Crippen LogP contribution is -2.10. The number of rotatable bonds is 3. The molecule has 0 spiro atoms. The lowest BCUT2D eigenvalue weighted by Gasteiger charge is -2.03. The molecule has 0 fully saturated rings. The summed E-state index contributed by atoms with van der Waals surface area (Å²) in [6.07, 6.45) is 0. The minimum atomic E-state index is -0.780. The highest BCUT2D eigenvalue weighted by atomic mass is 79.9. The predicted octanol–water partition coefficient (Wildman–Crippen LogP) is 3.08. The Morgan fingerprint density at radius 2 is 2.42 bits per heavy atom. The molecule has 1 rings (SSSR count). The van der Waals surface area contributed by atoms with Gasteiger partial charge in [-0.2, -0.15) is 11.3 Å². The van der Waals surface area contributed by atoms with Gasteiger partial charge in [0.1, 0.15) is 5.25 Å². The van der Waals surface area contributed by atoms with Crippen molar-refractivity contribution in [2.75, 3.05) is 0 Å². The van der Waals surface area contributed by atoms with E-state index in [1.807, 2.05) is 10.8 Å². The van der Waals surface area contributed by atoms with Crippen molar-refractivity contribution in [3.63, 3.8) is 0 Å². The average molecular weight is 267 g/mol. The second-order valence-corrected chi connectivity index (χ2v) is 5.16. The van der Waals surface area contributed by atoms with Crippen molar-refractivity contribution >= 4 is 45.0 Å². The molecular formula is C7H7BrO2S2. The fourth-order valence-electron chi connectivity index (χ4n) is 0.595. The fraction of sp³-hybridized carbons (Fsp3) is 0.286. The minimum Gasteiger partial charge on any atom is -0.480 e. The maximum Gasteiger partial charge on any atom is 0.316 e. The first-order chi connectivity index (χ1) is 5.61. The summed E-state index contributed by atoms with van der Waals surface area (Å²) in [5, 5.41) is 12.1. The van der Waals surface area contributed by atoms with E-state index in [0.29, 0.717) is 0 Å². The number of carbonyl (C=O) groups is 1. The Balaban J connectivity index is 2.64. The maximum absolute atomic E-state index is 10.5. The lowest BCUT2D eigenvalue weighted by molar-refractivity contribution is -0.136. The Bertz CT molecular complexity index is 285. The summed E-state index contributed by atoms with van der Waals surface area (Å²) >= 11 is 6.25. The van der Waals surface area contributed by atoms with Crippen LogP contribution in [0.25, 0.3) is 0 Å². The van der Waals surface area contributed by atoms with Crippen LogP contribution in [-0.4, -0.2) is 16.3 Å². The molecule has 0 amide bonds. The summed E-state index contributed by atoms with van der Waals surface area (Å²) in [4.78, 5) is 11.5. The van der Waals surface area contributed by atoms with Gasteiger partial charge < -0.3 is 5.11 Å². The van der Waals surface area contributed by atoms with Gasteiger partial charge in [-0.25, -0.2) is 0 Å². The molecule has 1 N–H and O–H groups in total. The monoisotopic (exact) mass is 266 g/mol. The third-order valence-electron chi connectivity index (χ3n) is 1.23. The van der Waals surface area contributed by atoms with Crippen LogP contribution >= 0.6 is 39.0 Å². The molecule has 1 aromatic rings. The van der Waals surface area contributed by atoms with E-state index in [-0.39, 0.29) is 0 Å². The highest BCUT2D eigenvalue weighted by Gasteiger charge is 2.14. The van der Waals surface area contributed by atoms with Gasteiger partial charge in [-0.1, -0.05) is 0 Å². The first-order valence-electron chi connectivity index (χ1n) is 3.22. The molecule has 1 unspecified atom stereocenters. The van der Waals surface area contributed by atoms with Gasteiger partial charge in [0.2, 0.25) is 0 Å². The molecule has 0 saturated heterocycles. The van der Waals surface area contributed by atoms with Crippen LogP contribution in [-0.2, 0) is 4.79 Å². The van der Waals surface area contributed by atoms with Crippen LogP contribution in [0.4, 0.5) is 0 Å². The Labute approximate surface area is 87.1 Å². The number of aliphatic carboxylic acids is 1. The first-order valence-corrected chi connectivity index (χ1v) is 5.84. The predicted molar refractivity (Wildman–Crippen MR) is 55.0 cm³/mol. The van der Waals surface area contributed by atoms with E-state index in [1.165, 1.54) is 11.8 Å². The molecule has 12 heavy (non-hydrogen) atoms. The van der Waals surface area contributed by atoms with Gasteiger partial charge in [0.25, 0.3) is 0 Å². The molecule has 66 valence electrons. The van der Waals surface area contributed by atoms with Crippen LogP contribution in [0.2, 0.25) is 0 Å². The van der Waals surface area contributed by atoms with Crippen LogP contribution in [0.3, 0.4) is 0 Å². The quantitative estimate of drug-likeness (QED) is 0.855. The second-order valence-electron chi connectivity index (χ2n) is 2.18. The van der Waals surface area contributed by atoms with E-state index in [1.54, 1.807) is 18.3 Å². The Hall–Kier alpha value is -0.000000000000000111. The molecule has 5 heteroatoms. The van der Waals surface area contributed by atoms with Crippen LogP contribution in [0, 0.1) is 0 Å². The molecule has 0 aromatic carbocycles. The van der Waals surface area contributed by atoms with Crippen molar-refractivity contribution in [1.29, 1.82) is 0 Å². The molecule has 0 aliphatic carbocycles. The summed E-state index contributed by atoms with van der Waals surface area (Å²) in [6.45, 7) is 1.68. The Morgan fingerprint density at radius 3 is 2.83 bits per heavy atom. The lowest BCUT2D eigenvalue weighted by atomic mass is 10.5. The van der Waals surface area contributed by atoms with Crippen molar-refractivity contribution in [3.05, 3.63) is 15.2 Å². The van der Waals surface area contributed by atoms with Gasteiger partial charge in [0, 0.05) is 20.1 Å². The maximum atomic E-state index is 10.5. The molecule has 0 bridgehead atoms. The van der Waals surface area contributed by atoms with Crippen LogP contribution < -0.4 is 0 Å². The first kappa shape index (κ1) is 10.1. The van der Waals surface area contributed by atoms with Gasteiger partial charge in [-0.15, -0.1) is 11.8 Å². The van der Waals surface area contributed by atoms with Crippen LogP contribution in [0.1, 0.15) is 6.92 Å². The van der Waals surface area contributed by atoms with Crippen molar-refractivity contribution < 1.29 is 9.90 Å². The summed E-state index contributed by atoms with van der Waals surface area (Å²) in [5.41, 5.74) is 0. The highest BCUT2D eigenvalue weighted by molar-refractivity contribution is 9.10. The molecule has 0 aliphatic rings. The van der Waals surface area contributed by atoms with E-state index < -0.39 is 11.2 Å². The zero-order valence-corrected chi connectivity index (χ0v) is 9.50. The minimum absolute atomic E-state index is 0.393. The largest absolute Gasteiger partial charge is 0.480 e. The van der Waals surface area contributed by atoms with Crippen molar-refractivity contribution in [2.24, 2.45) is 0 Å². The number of hydrogen-bond donors (Lipinski definition) is 1. The van der Waals surface area contributed by atoms with Gasteiger partial charge in [-0.3, -0.25) is 4.79 Å². The molecule has 1 aromatic heterocycles. The van der Waals surface area contributed by atoms with Gasteiger partial charge in [-0.05, 0) is 22.9 Å². The molecular weight excluding hydrogens is 260 g/mol. The van der Waals surface area contributed by atoms with Crippen LogP contribution in [0.15, 0.2) is 20.1 Å². The number of carboxylic acids is 1. The molecule has 0 saturated carbocycles. The summed E-state index contributed by atoms with van der Waals surface area (Å²) in [7, 11) is 0. The summed E-state index contributed by atoms with van der Waals surface area (Å²) in [5.74, 6) is -0.780. The topological polar surface area (TPSA) is 37.3 Å². The summed E-state index contributed by atoms with van der Waals surface area (Å²) in [6, 6.07) is 0. The van der Waals surface area contributed by atoms with E-state index in [0.717, 1.165) is 9.37 Å². The van der Waals surface area contributed by atoms with Gasteiger partial charge >= 0.3 is 5.97 Å². The Kier molecular flexibility index (Phi) is 3.61. The number of thioether (sulfide) groups is 1. The van der Waals surface area contributed by atoms with Crippen molar-refractivity contribution in [2.45, 2.75) is 17.1 Å². The van der Waals surface area contributed by atoms with Gasteiger partial charge in [0.15, 0.2) is 0 Å². The normalized spacial score (nSPS) is 12.8. The molecule has 1 atom stereocenters. The molecule has 2 nitrogen and oxygen atoms in total. The molecule has 0 radical (unpaired) electrons. The molecule has 1 heterocycles. The number of thiophene rings is 1. The van der Waals surface area contributed by atoms with E-state index in [2.05, 4.69) is 15.9 Å². The molecule has 0 aliphatic heterocycles. The number of hydrogen-bond acceptors (Lipinski definition) is 3. The third-order valence-corrected chi connectivity index (χ3v) is 4.49. The highest BCUT2D eigenvalue weighted by Crippen LogP contribution is 2.33.